The predicted octanol–water partition coefficient (Wildman–Crippen LogP) is 2.60. The molecule has 0 aliphatic heterocycles. The third-order valence-corrected chi connectivity index (χ3v) is 0. The van der Waals surface area contributed by atoms with Crippen molar-refractivity contribution in [3.63, 3.8) is 0 Å². The zero-order chi connectivity index (χ0) is 9.00. The predicted molar refractivity (Wildman–Crippen MR) is 20.4 cm³/mol. The molecule has 0 nitrogen and oxygen atoms in total. The number of hydrogen-bond donors (Lipinski definition) is 0. The molecule has 0 aliphatic carbocycles. The fourth-order valence-corrected chi connectivity index (χ4v) is 0. The molecule has 64 valence electrons. The van der Waals surface area contributed by atoms with E-state index in [1.54, 1.807) is 0 Å². The molecule has 0 saturated carbocycles. The first-order valence-corrected chi connectivity index (χ1v) is 1.75. The topological polar surface area (TPSA) is 0 Å². The van der Waals surface area contributed by atoms with E-state index in [9.17, 15) is 34.5 Å². The van der Waals surface area contributed by atoms with E-state index >= 15 is 0 Å². The van der Waals surface area contributed by atoms with Crippen molar-refractivity contribution in [2.45, 2.75) is 0 Å². The van der Waals surface area contributed by atoms with Gasteiger partial charge in [-0.05, 0) is 0 Å². The second-order valence-corrected chi connectivity index (χ2v) is 0.990. The molecule has 0 atom stereocenters. The second-order valence-electron chi connectivity index (χ2n) is 0.990. The third-order valence-electron chi connectivity index (χ3n) is 0. The number of hydrogen-bond acceptors (Lipinski definition) is 0. The zero-order valence-corrected chi connectivity index (χ0v) is 10.4. The van der Waals surface area contributed by atoms with Crippen molar-refractivity contribution in [2.24, 2.45) is 0 Å². The maximum absolute atomic E-state index is 9.75. The van der Waals surface area contributed by atoms with Crippen LogP contribution in [0.25, 0.3) is 0 Å². The molecular formula is B2F8Hg. The van der Waals surface area contributed by atoms with Gasteiger partial charge in [-0.25, -0.2) is 0 Å². The molecule has 0 aliphatic rings. The molecule has 0 spiro atoms. The Morgan fingerprint density at radius 3 is 0.455 bits per heavy atom. The molecule has 0 aromatic heterocycles. The van der Waals surface area contributed by atoms with Gasteiger partial charge < -0.3 is 34.5 Å². The third kappa shape index (κ3) is 2980. The van der Waals surface area contributed by atoms with Crippen molar-refractivity contribution in [1.82, 2.24) is 0 Å². The maximum Gasteiger partial charge on any atom is 2.00 e. The number of halogens is 8. The minimum absolute atomic E-state index is 0. The van der Waals surface area contributed by atoms with Gasteiger partial charge in [-0.3, -0.25) is 0 Å². The van der Waals surface area contributed by atoms with Crippen molar-refractivity contribution in [2.75, 3.05) is 0 Å². The van der Waals surface area contributed by atoms with Gasteiger partial charge in [-0.2, -0.15) is 0 Å². The van der Waals surface area contributed by atoms with Crippen LogP contribution in [0, 0.1) is 0 Å². The molecule has 0 bridgehead atoms. The van der Waals surface area contributed by atoms with Crippen molar-refractivity contribution in [1.29, 1.82) is 0 Å². The molecule has 0 aromatic rings. The van der Waals surface area contributed by atoms with E-state index in [2.05, 4.69) is 0 Å². The smallest absolute Gasteiger partial charge is 0.418 e. The van der Waals surface area contributed by atoms with Gasteiger partial charge in [0.2, 0.25) is 0 Å². The first-order valence-electron chi connectivity index (χ1n) is 1.75. The molecule has 0 fully saturated rings. The summed E-state index contributed by atoms with van der Waals surface area (Å²) in [6.07, 6.45) is 0. The van der Waals surface area contributed by atoms with Crippen LogP contribution in [0.2, 0.25) is 0 Å². The Kier molecular flexibility index (Phi) is 9.68. The van der Waals surface area contributed by atoms with Crippen LogP contribution in [0.3, 0.4) is 0 Å². The van der Waals surface area contributed by atoms with Crippen LogP contribution in [0.4, 0.5) is 34.5 Å². The fourth-order valence-electron chi connectivity index (χ4n) is 0. The largest absolute Gasteiger partial charge is 2.00 e. The molecule has 0 heterocycles. The Morgan fingerprint density at radius 1 is 0.455 bits per heavy atom. The first kappa shape index (κ1) is 17.6. The molecule has 11 heteroatoms. The molecule has 0 unspecified atom stereocenters. The Morgan fingerprint density at radius 2 is 0.455 bits per heavy atom. The Hall–Kier alpha value is 0.505. The quantitative estimate of drug-likeness (QED) is 0.452. The van der Waals surface area contributed by atoms with Crippen LogP contribution in [-0.2, 0) is 27.7 Å². The van der Waals surface area contributed by atoms with E-state index in [4.69, 9.17) is 0 Å². The van der Waals surface area contributed by atoms with Crippen molar-refractivity contribution in [3.8, 4) is 0 Å². The summed E-state index contributed by atoms with van der Waals surface area (Å²) in [5, 5.41) is 0. The Labute approximate surface area is 77.0 Å². The Balaban J connectivity index is -0.000000107. The molecule has 0 rings (SSSR count). The van der Waals surface area contributed by atoms with Crippen LogP contribution >= 0.6 is 0 Å². The average Bonchev–Trinajstić information content (AvgIpc) is 1.12. The average molecular weight is 374 g/mol. The van der Waals surface area contributed by atoms with Crippen molar-refractivity contribution in [3.05, 3.63) is 0 Å². The summed E-state index contributed by atoms with van der Waals surface area (Å²) in [4.78, 5) is 0. The van der Waals surface area contributed by atoms with E-state index in [0.29, 0.717) is 0 Å². The SMILES string of the molecule is F[B-](F)(F)F.F[B-](F)(F)F.[Hg+2]. The van der Waals surface area contributed by atoms with Crippen LogP contribution in [0.5, 0.6) is 0 Å². The van der Waals surface area contributed by atoms with E-state index in [1.807, 2.05) is 0 Å². The van der Waals surface area contributed by atoms with E-state index in [0.717, 1.165) is 0 Å². The van der Waals surface area contributed by atoms with Crippen LogP contribution in [-0.4, -0.2) is 14.5 Å². The summed E-state index contributed by atoms with van der Waals surface area (Å²) in [7, 11) is -12.0. The van der Waals surface area contributed by atoms with Crippen LogP contribution < -0.4 is 0 Å². The summed E-state index contributed by atoms with van der Waals surface area (Å²) in [6.45, 7) is 0. The maximum atomic E-state index is 9.75. The van der Waals surface area contributed by atoms with Gasteiger partial charge in [0, 0.05) is 0 Å². The van der Waals surface area contributed by atoms with Gasteiger partial charge in [0.05, 0.1) is 0 Å². The molecule has 0 saturated heterocycles. The summed E-state index contributed by atoms with van der Waals surface area (Å²) < 4.78 is 78.0. The van der Waals surface area contributed by atoms with Gasteiger partial charge >= 0.3 is 42.2 Å². The zero-order valence-electron chi connectivity index (χ0n) is 4.89. The minimum atomic E-state index is -6.00. The molecule has 0 amide bonds. The van der Waals surface area contributed by atoms with Gasteiger partial charge in [-0.1, -0.05) is 0 Å². The standard InChI is InChI=1S/2BF4.Hg/c2*2-1(3,4)5;/q2*-1;+2. The monoisotopic (exact) mass is 376 g/mol. The molecule has 11 heavy (non-hydrogen) atoms. The van der Waals surface area contributed by atoms with E-state index in [1.165, 1.54) is 0 Å². The summed E-state index contributed by atoms with van der Waals surface area (Å²) in [5.74, 6) is 0. The van der Waals surface area contributed by atoms with E-state index < -0.39 is 14.5 Å². The molecular weight excluding hydrogens is 374 g/mol. The summed E-state index contributed by atoms with van der Waals surface area (Å²) in [6, 6.07) is 0. The van der Waals surface area contributed by atoms with Gasteiger partial charge in [-0.15, -0.1) is 0 Å². The first-order chi connectivity index (χ1) is 4.00. The normalized spacial score (nSPS) is 10.9. The fraction of sp³-hybridized carbons (Fsp3) is 0. The van der Waals surface area contributed by atoms with Crippen LogP contribution in [0.15, 0.2) is 0 Å². The van der Waals surface area contributed by atoms with Gasteiger partial charge in [0.25, 0.3) is 0 Å². The summed E-state index contributed by atoms with van der Waals surface area (Å²) in [5.41, 5.74) is 0. The minimum Gasteiger partial charge on any atom is -0.418 e. The van der Waals surface area contributed by atoms with Gasteiger partial charge in [0.15, 0.2) is 0 Å². The van der Waals surface area contributed by atoms with Crippen molar-refractivity contribution >= 4 is 14.5 Å². The molecule has 0 aromatic carbocycles. The summed E-state index contributed by atoms with van der Waals surface area (Å²) >= 11 is 0. The van der Waals surface area contributed by atoms with Crippen LogP contribution in [0.1, 0.15) is 0 Å². The Bertz CT molecular complexity index is 55.1. The second kappa shape index (κ2) is 6.07. The van der Waals surface area contributed by atoms with Gasteiger partial charge in [0.1, 0.15) is 0 Å². The molecule has 0 radical (unpaired) electrons. The van der Waals surface area contributed by atoms with E-state index in [-0.39, 0.29) is 27.7 Å². The molecule has 0 N–H and O–H groups in total. The number of rotatable bonds is 0. The van der Waals surface area contributed by atoms with Crippen molar-refractivity contribution < 1.29 is 62.2 Å².